The number of ether oxygens (including phenoxy) is 2. The van der Waals surface area contributed by atoms with E-state index in [1.54, 1.807) is 12.1 Å². The molecular weight excluding hydrogens is 654 g/mol. The maximum absolute atomic E-state index is 12.1. The Hall–Kier alpha value is -3.73. The molecule has 278 valence electrons. The van der Waals surface area contributed by atoms with Gasteiger partial charge in [-0.05, 0) is 80.0 Å². The molecule has 2 bridgehead atoms. The number of piperidine rings is 3. The lowest BCUT2D eigenvalue weighted by Crippen LogP contribution is -2.65. The second-order valence-electron chi connectivity index (χ2n) is 16.4. The molecule has 3 saturated heterocycles. The number of β-amino-alcohol motifs (C(OH)–C–C–N with tert-alkyl or cyclic N) is 1. The van der Waals surface area contributed by atoms with Crippen LogP contribution in [0.4, 0.5) is 0 Å². The third-order valence-corrected chi connectivity index (χ3v) is 12.3. The molecule has 3 aromatic carbocycles. The van der Waals surface area contributed by atoms with Gasteiger partial charge in [0.1, 0.15) is 42.9 Å². The zero-order chi connectivity index (χ0) is 36.3. The highest BCUT2D eigenvalue weighted by atomic mass is 16.5. The van der Waals surface area contributed by atoms with E-state index in [1.165, 1.54) is 43.4 Å². The number of nitrogens with one attached hydrogen (secondary N) is 2. The first-order valence-electron chi connectivity index (χ1n) is 19.3. The first kappa shape index (κ1) is 36.6. The van der Waals surface area contributed by atoms with E-state index in [1.807, 2.05) is 30.3 Å². The van der Waals surface area contributed by atoms with E-state index in [-0.39, 0.29) is 28.9 Å². The molecule has 9 nitrogen and oxygen atoms in total. The number of quaternary nitrogens is 1. The van der Waals surface area contributed by atoms with Crippen LogP contribution < -0.4 is 15.6 Å². The average molecular weight is 711 g/mol. The Morgan fingerprint density at radius 2 is 1.67 bits per heavy atom. The van der Waals surface area contributed by atoms with Crippen molar-refractivity contribution in [2.75, 3.05) is 45.9 Å². The molecule has 52 heavy (non-hydrogen) atoms. The highest BCUT2D eigenvalue weighted by Gasteiger charge is 2.48. The van der Waals surface area contributed by atoms with Gasteiger partial charge in [-0.2, -0.15) is 0 Å². The molecule has 8 rings (SSSR count). The number of phenols is 1. The van der Waals surface area contributed by atoms with Crippen LogP contribution in [0, 0.1) is 11.8 Å². The van der Waals surface area contributed by atoms with Gasteiger partial charge in [-0.25, -0.2) is 0 Å². The Bertz CT molecular complexity index is 1850. The SMILES string of the molecule is CC(C)(Cc1ccc(OCC[N+]23CCC(CC2)[C@@H](OCC(O)(c2ccccc2)C2CCCC2)C3)cc1)NC[C@H](O)c1ccc(O)c2[nH]c(=O)ccc12. The lowest BCUT2D eigenvalue weighted by molar-refractivity contribution is -0.946. The Kier molecular flexibility index (Phi) is 10.8. The number of hydrogen-bond donors (Lipinski definition) is 5. The van der Waals surface area contributed by atoms with Crippen molar-refractivity contribution >= 4 is 10.9 Å². The van der Waals surface area contributed by atoms with Crippen molar-refractivity contribution in [1.82, 2.24) is 10.3 Å². The highest BCUT2D eigenvalue weighted by molar-refractivity contribution is 5.87. The van der Waals surface area contributed by atoms with E-state index in [0.29, 0.717) is 42.1 Å². The fourth-order valence-electron chi connectivity index (χ4n) is 9.19. The number of aliphatic hydroxyl groups excluding tert-OH is 1. The molecule has 0 spiro atoms. The van der Waals surface area contributed by atoms with Gasteiger partial charge in [0.15, 0.2) is 0 Å². The predicted molar refractivity (Wildman–Crippen MR) is 203 cm³/mol. The van der Waals surface area contributed by atoms with Gasteiger partial charge < -0.3 is 39.6 Å². The van der Waals surface area contributed by atoms with Gasteiger partial charge in [0, 0.05) is 42.3 Å². The number of rotatable bonds is 15. The van der Waals surface area contributed by atoms with Gasteiger partial charge in [-0.15, -0.1) is 0 Å². The number of hydrogen-bond acceptors (Lipinski definition) is 7. The van der Waals surface area contributed by atoms with Gasteiger partial charge >= 0.3 is 0 Å². The number of nitrogens with zero attached hydrogens (tertiary/aromatic N) is 1. The van der Waals surface area contributed by atoms with Crippen molar-refractivity contribution in [2.24, 2.45) is 11.8 Å². The van der Waals surface area contributed by atoms with E-state index in [4.69, 9.17) is 9.47 Å². The summed E-state index contributed by atoms with van der Waals surface area (Å²) in [7, 11) is 0. The fourth-order valence-corrected chi connectivity index (χ4v) is 9.19. The maximum Gasteiger partial charge on any atom is 0.248 e. The monoisotopic (exact) mass is 710 g/mol. The molecule has 1 saturated carbocycles. The van der Waals surface area contributed by atoms with E-state index in [2.05, 4.69) is 48.4 Å². The molecule has 3 atom stereocenters. The topological polar surface area (TPSA) is 124 Å². The van der Waals surface area contributed by atoms with E-state index in [9.17, 15) is 20.1 Å². The van der Waals surface area contributed by atoms with Crippen LogP contribution in [0.5, 0.6) is 11.5 Å². The Balaban J connectivity index is 0.894. The number of aromatic nitrogens is 1. The number of aromatic amines is 1. The third kappa shape index (κ3) is 8.09. The lowest BCUT2D eigenvalue weighted by atomic mass is 9.80. The van der Waals surface area contributed by atoms with Gasteiger partial charge in [0.05, 0.1) is 31.3 Å². The summed E-state index contributed by atoms with van der Waals surface area (Å²) in [4.78, 5) is 14.4. The Morgan fingerprint density at radius 1 is 0.942 bits per heavy atom. The fraction of sp³-hybridized carbons (Fsp3) is 0.512. The molecular formula is C43H56N3O6+. The number of pyridine rings is 1. The zero-order valence-corrected chi connectivity index (χ0v) is 30.7. The minimum absolute atomic E-state index is 0.0220. The summed E-state index contributed by atoms with van der Waals surface area (Å²) in [5, 5.41) is 37.4. The number of aliphatic hydroxyl groups is 2. The van der Waals surface area contributed by atoms with Gasteiger partial charge in [0.2, 0.25) is 5.56 Å². The highest BCUT2D eigenvalue weighted by Crippen LogP contribution is 2.43. The first-order valence-corrected chi connectivity index (χ1v) is 19.3. The molecule has 1 aliphatic carbocycles. The minimum Gasteiger partial charge on any atom is -0.506 e. The molecule has 4 aromatic rings. The van der Waals surface area contributed by atoms with E-state index in [0.717, 1.165) is 61.2 Å². The molecule has 0 amide bonds. The first-order chi connectivity index (χ1) is 25.0. The van der Waals surface area contributed by atoms with Crippen molar-refractivity contribution in [3.8, 4) is 11.5 Å². The molecule has 1 aromatic heterocycles. The molecule has 0 radical (unpaired) electrons. The van der Waals surface area contributed by atoms with Gasteiger partial charge in [-0.3, -0.25) is 4.79 Å². The van der Waals surface area contributed by atoms with Crippen LogP contribution in [-0.4, -0.2) is 82.4 Å². The van der Waals surface area contributed by atoms with Crippen LogP contribution in [0.3, 0.4) is 0 Å². The van der Waals surface area contributed by atoms with Crippen LogP contribution in [0.15, 0.2) is 83.7 Å². The van der Waals surface area contributed by atoms with Crippen molar-refractivity contribution in [2.45, 2.75) is 82.1 Å². The van der Waals surface area contributed by atoms with Crippen LogP contribution in [0.25, 0.3) is 10.9 Å². The van der Waals surface area contributed by atoms with Crippen molar-refractivity contribution < 1.29 is 29.3 Å². The summed E-state index contributed by atoms with van der Waals surface area (Å²) in [6.07, 6.45) is 6.92. The number of fused-ring (bicyclic) bond motifs is 4. The summed E-state index contributed by atoms with van der Waals surface area (Å²) in [6, 6.07) is 24.7. The number of H-pyrrole nitrogens is 1. The van der Waals surface area contributed by atoms with Crippen molar-refractivity contribution in [1.29, 1.82) is 0 Å². The van der Waals surface area contributed by atoms with Crippen molar-refractivity contribution in [3.05, 3.63) is 106 Å². The summed E-state index contributed by atoms with van der Waals surface area (Å²) in [5.41, 5.74) is 1.60. The smallest absolute Gasteiger partial charge is 0.248 e. The number of benzene rings is 3. The molecule has 4 fully saturated rings. The molecule has 4 heterocycles. The molecule has 5 N–H and O–H groups in total. The second-order valence-corrected chi connectivity index (χ2v) is 16.4. The predicted octanol–water partition coefficient (Wildman–Crippen LogP) is 5.96. The summed E-state index contributed by atoms with van der Waals surface area (Å²) in [5.74, 6) is 1.66. The standard InChI is InChI=1S/C43H55N3O6/c1-42(2,44-27-38(48)35-16-18-37(47)41-36(35)17-19-40(49)45-41)26-30-12-14-34(15-13-30)51-25-24-46-22-20-31(21-23-46)39(28-46)52-29-43(50,33-10-6-7-11-33)32-8-4-3-5-9-32/h3-5,8-9,12-19,31,33,38-39,44,48,50H,6-7,10-11,20-29H2,1-2H3,(H-,45,47,49)/p+1/t31?,38-,39-,43?,46?/m0/s1. The van der Waals surface area contributed by atoms with Crippen LogP contribution >= 0.6 is 0 Å². The summed E-state index contributed by atoms with van der Waals surface area (Å²) in [6.45, 7) is 9.83. The second kappa shape index (κ2) is 15.3. The Labute approximate surface area is 307 Å². The molecule has 9 heteroatoms. The molecule has 1 unspecified atom stereocenters. The number of phenolic OH excluding ortho intramolecular Hbond substituents is 1. The van der Waals surface area contributed by atoms with Crippen LogP contribution in [0.1, 0.15) is 75.2 Å². The van der Waals surface area contributed by atoms with E-state index < -0.39 is 11.7 Å². The quantitative estimate of drug-likeness (QED) is 0.0966. The minimum atomic E-state index is -0.927. The third-order valence-electron chi connectivity index (χ3n) is 12.3. The largest absolute Gasteiger partial charge is 0.506 e. The lowest BCUT2D eigenvalue weighted by Gasteiger charge is -2.52. The molecule has 4 aliphatic rings. The van der Waals surface area contributed by atoms with Crippen LogP contribution in [-0.2, 0) is 16.8 Å². The summed E-state index contributed by atoms with van der Waals surface area (Å²) >= 11 is 0. The Morgan fingerprint density at radius 3 is 2.40 bits per heavy atom. The zero-order valence-electron chi connectivity index (χ0n) is 30.7. The maximum atomic E-state index is 12.1. The normalized spacial score (nSPS) is 23.8. The van der Waals surface area contributed by atoms with Gasteiger partial charge in [0.25, 0.3) is 0 Å². The van der Waals surface area contributed by atoms with Crippen molar-refractivity contribution in [3.63, 3.8) is 0 Å². The number of aromatic hydroxyl groups is 1. The van der Waals surface area contributed by atoms with E-state index >= 15 is 0 Å². The van der Waals surface area contributed by atoms with Gasteiger partial charge in [-0.1, -0.05) is 61.4 Å². The molecule has 3 aliphatic heterocycles. The average Bonchev–Trinajstić information content (AvgIpc) is 3.71. The van der Waals surface area contributed by atoms with Crippen LogP contribution in [0.2, 0.25) is 0 Å². The summed E-state index contributed by atoms with van der Waals surface area (Å²) < 4.78 is 14.1.